The maximum atomic E-state index is 11.4. The molecule has 20 heavy (non-hydrogen) atoms. The topological polar surface area (TPSA) is 72.3 Å². The minimum Gasteiger partial charge on any atom is -0.397 e. The van der Waals surface area contributed by atoms with Crippen LogP contribution in [0.3, 0.4) is 0 Å². The summed E-state index contributed by atoms with van der Waals surface area (Å²) in [5.41, 5.74) is 13.6. The summed E-state index contributed by atoms with van der Waals surface area (Å²) in [6, 6.07) is 5.69. The van der Waals surface area contributed by atoms with Crippen molar-refractivity contribution >= 4 is 17.3 Å². The lowest BCUT2D eigenvalue weighted by Gasteiger charge is -2.35. The van der Waals surface area contributed by atoms with Crippen LogP contribution in [0.25, 0.3) is 0 Å². The van der Waals surface area contributed by atoms with E-state index in [1.54, 1.807) is 12.1 Å². The van der Waals surface area contributed by atoms with Crippen molar-refractivity contribution in [2.75, 3.05) is 17.2 Å². The van der Waals surface area contributed by atoms with Crippen molar-refractivity contribution < 1.29 is 4.79 Å². The molecule has 4 nitrogen and oxygen atoms in total. The van der Waals surface area contributed by atoms with E-state index in [1.807, 2.05) is 6.07 Å². The highest BCUT2D eigenvalue weighted by Crippen LogP contribution is 2.29. The van der Waals surface area contributed by atoms with Crippen LogP contribution < -0.4 is 16.4 Å². The molecule has 1 amide bonds. The lowest BCUT2D eigenvalue weighted by Crippen LogP contribution is -2.38. The third kappa shape index (κ3) is 3.89. The number of amides is 1. The van der Waals surface area contributed by atoms with Gasteiger partial charge in [0.05, 0.1) is 11.4 Å². The van der Waals surface area contributed by atoms with E-state index in [0.717, 1.165) is 25.1 Å². The number of nitrogens with zero attached hydrogens (tertiary/aromatic N) is 1. The molecule has 0 unspecified atom stereocenters. The van der Waals surface area contributed by atoms with E-state index < -0.39 is 5.91 Å². The van der Waals surface area contributed by atoms with Gasteiger partial charge in [-0.2, -0.15) is 0 Å². The van der Waals surface area contributed by atoms with Gasteiger partial charge in [-0.1, -0.05) is 27.7 Å². The zero-order valence-corrected chi connectivity index (χ0v) is 13.0. The van der Waals surface area contributed by atoms with Gasteiger partial charge in [0.15, 0.2) is 0 Å². The minimum atomic E-state index is -0.416. The summed E-state index contributed by atoms with van der Waals surface area (Å²) >= 11 is 0. The Balaban J connectivity index is 3.24. The van der Waals surface area contributed by atoms with Crippen molar-refractivity contribution in [1.82, 2.24) is 0 Å². The molecule has 0 aliphatic rings. The molecule has 0 aliphatic heterocycles. The Bertz CT molecular complexity index is 453. The third-order valence-corrected chi connectivity index (χ3v) is 3.57. The zero-order valence-electron chi connectivity index (χ0n) is 13.0. The van der Waals surface area contributed by atoms with Gasteiger partial charge >= 0.3 is 0 Å². The molecular weight excluding hydrogens is 250 g/mol. The minimum absolute atomic E-state index is 0.416. The average Bonchev–Trinajstić information content (AvgIpc) is 2.38. The highest BCUT2D eigenvalue weighted by atomic mass is 16.1. The highest BCUT2D eigenvalue weighted by molar-refractivity contribution is 5.95. The largest absolute Gasteiger partial charge is 0.397 e. The summed E-state index contributed by atoms with van der Waals surface area (Å²) in [5.74, 6) is 0.104. The Morgan fingerprint density at radius 3 is 2.30 bits per heavy atom. The van der Waals surface area contributed by atoms with Crippen molar-refractivity contribution in [3.63, 3.8) is 0 Å². The molecule has 4 heteroatoms. The molecule has 0 atom stereocenters. The molecule has 0 aliphatic carbocycles. The van der Waals surface area contributed by atoms with Crippen molar-refractivity contribution in [3.8, 4) is 0 Å². The molecule has 0 bridgehead atoms. The Labute approximate surface area is 122 Å². The van der Waals surface area contributed by atoms with E-state index in [2.05, 4.69) is 32.6 Å². The molecule has 1 aromatic carbocycles. The van der Waals surface area contributed by atoms with E-state index in [1.165, 1.54) is 0 Å². The Morgan fingerprint density at radius 2 is 1.85 bits per heavy atom. The number of carbonyl (C=O) groups excluding carboxylic acids is 1. The number of hydrogen-bond acceptors (Lipinski definition) is 3. The lowest BCUT2D eigenvalue weighted by molar-refractivity contribution is 0.100. The Morgan fingerprint density at radius 1 is 1.25 bits per heavy atom. The van der Waals surface area contributed by atoms with Gasteiger partial charge in [0.1, 0.15) is 0 Å². The normalized spacial score (nSPS) is 11.1. The average molecular weight is 277 g/mol. The van der Waals surface area contributed by atoms with Crippen LogP contribution in [-0.2, 0) is 0 Å². The van der Waals surface area contributed by atoms with E-state index in [4.69, 9.17) is 11.5 Å². The lowest BCUT2D eigenvalue weighted by atomic mass is 10.0. The quantitative estimate of drug-likeness (QED) is 0.752. The number of benzene rings is 1. The van der Waals surface area contributed by atoms with E-state index in [9.17, 15) is 4.79 Å². The summed E-state index contributed by atoms with van der Waals surface area (Å²) < 4.78 is 0. The fourth-order valence-electron chi connectivity index (χ4n) is 2.51. The smallest absolute Gasteiger partial charge is 0.248 e. The van der Waals surface area contributed by atoms with Crippen molar-refractivity contribution in [1.29, 1.82) is 0 Å². The number of anilines is 2. The second kappa shape index (κ2) is 7.17. The molecular formula is C16H27N3O. The first-order valence-corrected chi connectivity index (χ1v) is 7.36. The van der Waals surface area contributed by atoms with Gasteiger partial charge in [-0.15, -0.1) is 0 Å². The van der Waals surface area contributed by atoms with Crippen molar-refractivity contribution in [2.45, 2.75) is 46.6 Å². The first-order valence-electron chi connectivity index (χ1n) is 7.36. The number of nitrogens with two attached hydrogens (primary N) is 2. The zero-order chi connectivity index (χ0) is 15.3. The van der Waals surface area contributed by atoms with Gasteiger partial charge in [-0.05, 0) is 37.0 Å². The molecule has 1 rings (SSSR count). The van der Waals surface area contributed by atoms with E-state index in [-0.39, 0.29) is 0 Å². The number of nitrogen functional groups attached to an aromatic ring is 1. The maximum absolute atomic E-state index is 11.4. The third-order valence-electron chi connectivity index (χ3n) is 3.57. The van der Waals surface area contributed by atoms with Crippen LogP contribution in [0.4, 0.5) is 11.4 Å². The summed E-state index contributed by atoms with van der Waals surface area (Å²) in [7, 11) is 0. The Hall–Kier alpha value is -1.71. The molecule has 0 heterocycles. The van der Waals surface area contributed by atoms with Crippen LogP contribution in [0.5, 0.6) is 0 Å². The monoisotopic (exact) mass is 277 g/mol. The van der Waals surface area contributed by atoms with Gasteiger partial charge in [0.25, 0.3) is 0 Å². The van der Waals surface area contributed by atoms with Crippen molar-refractivity contribution in [3.05, 3.63) is 23.8 Å². The van der Waals surface area contributed by atoms with Crippen LogP contribution in [0.15, 0.2) is 18.2 Å². The molecule has 0 saturated heterocycles. The summed E-state index contributed by atoms with van der Waals surface area (Å²) in [5, 5.41) is 0. The second-order valence-electron chi connectivity index (χ2n) is 5.65. The van der Waals surface area contributed by atoms with Crippen LogP contribution in [-0.4, -0.2) is 18.5 Å². The summed E-state index contributed by atoms with van der Waals surface area (Å²) in [6.45, 7) is 9.64. The van der Waals surface area contributed by atoms with Crippen LogP contribution in [0.2, 0.25) is 0 Å². The molecule has 4 N–H and O–H groups in total. The second-order valence-corrected chi connectivity index (χ2v) is 5.65. The first-order chi connectivity index (χ1) is 9.40. The molecule has 0 fully saturated rings. The standard InChI is InChI=1S/C16H27N3O/c1-5-13(6-2)19(10-11(3)4)15-9-12(16(18)20)7-8-14(15)17/h7-9,11,13H,5-6,10,17H2,1-4H3,(H2,18,20). The molecule has 1 aromatic rings. The first kappa shape index (κ1) is 16.3. The van der Waals surface area contributed by atoms with E-state index >= 15 is 0 Å². The van der Waals surface area contributed by atoms with Gasteiger partial charge in [-0.3, -0.25) is 4.79 Å². The number of hydrogen-bond donors (Lipinski definition) is 2. The molecule has 0 aromatic heterocycles. The fraction of sp³-hybridized carbons (Fsp3) is 0.562. The van der Waals surface area contributed by atoms with Gasteiger partial charge in [0.2, 0.25) is 5.91 Å². The van der Waals surface area contributed by atoms with Crippen molar-refractivity contribution in [2.24, 2.45) is 11.7 Å². The Kier molecular flexibility index (Phi) is 5.86. The number of carbonyl (C=O) groups is 1. The van der Waals surface area contributed by atoms with Gasteiger partial charge in [0, 0.05) is 18.2 Å². The SMILES string of the molecule is CCC(CC)N(CC(C)C)c1cc(C(N)=O)ccc1N. The molecule has 0 spiro atoms. The number of primary amides is 1. The molecule has 112 valence electrons. The number of rotatable bonds is 7. The van der Waals surface area contributed by atoms with Gasteiger partial charge in [-0.25, -0.2) is 0 Å². The van der Waals surface area contributed by atoms with E-state index in [0.29, 0.717) is 23.2 Å². The summed E-state index contributed by atoms with van der Waals surface area (Å²) in [6.07, 6.45) is 2.09. The predicted molar refractivity (Wildman–Crippen MR) is 85.9 cm³/mol. The van der Waals surface area contributed by atoms with Crippen LogP contribution in [0.1, 0.15) is 50.9 Å². The molecule has 0 radical (unpaired) electrons. The fourth-order valence-corrected chi connectivity index (χ4v) is 2.51. The van der Waals surface area contributed by atoms with Gasteiger partial charge < -0.3 is 16.4 Å². The highest BCUT2D eigenvalue weighted by Gasteiger charge is 2.20. The summed E-state index contributed by atoms with van der Waals surface area (Å²) in [4.78, 5) is 13.7. The van der Waals surface area contributed by atoms with Crippen LogP contribution in [0, 0.1) is 5.92 Å². The molecule has 0 saturated carbocycles. The maximum Gasteiger partial charge on any atom is 0.248 e. The van der Waals surface area contributed by atoms with Crippen LogP contribution >= 0.6 is 0 Å². The predicted octanol–water partition coefficient (Wildman–Crippen LogP) is 3.02.